The standard InChI is InChI=1S/C18H25N3O2/c1-2-17(22)21-15-8-4-3-7-14(15)13-16(21)18(23)19-9-12-20-10-5-6-11-20/h3-4,7-8,16H,2,5-6,9-13H2,1H3,(H,19,23). The number of nitrogens with one attached hydrogen (secondary N) is 1. The second-order valence-corrected chi connectivity index (χ2v) is 6.31. The minimum Gasteiger partial charge on any atom is -0.353 e. The van der Waals surface area contributed by atoms with E-state index in [-0.39, 0.29) is 11.8 Å². The van der Waals surface area contributed by atoms with Crippen molar-refractivity contribution in [2.24, 2.45) is 0 Å². The van der Waals surface area contributed by atoms with Gasteiger partial charge in [0.05, 0.1) is 0 Å². The van der Waals surface area contributed by atoms with Gasteiger partial charge >= 0.3 is 0 Å². The van der Waals surface area contributed by atoms with E-state index in [0.29, 0.717) is 19.4 Å². The largest absolute Gasteiger partial charge is 0.353 e. The molecule has 0 bridgehead atoms. The zero-order chi connectivity index (χ0) is 16.2. The van der Waals surface area contributed by atoms with Crippen molar-refractivity contribution in [3.8, 4) is 0 Å². The Morgan fingerprint density at radius 3 is 2.70 bits per heavy atom. The molecule has 0 saturated carbocycles. The van der Waals surface area contributed by atoms with Crippen molar-refractivity contribution in [2.75, 3.05) is 31.1 Å². The smallest absolute Gasteiger partial charge is 0.243 e. The quantitative estimate of drug-likeness (QED) is 0.897. The normalized spacial score (nSPS) is 20.6. The van der Waals surface area contributed by atoms with Crippen LogP contribution >= 0.6 is 0 Å². The Morgan fingerprint density at radius 2 is 1.96 bits per heavy atom. The average Bonchev–Trinajstić information content (AvgIpc) is 3.21. The maximum absolute atomic E-state index is 12.6. The van der Waals surface area contributed by atoms with Gasteiger partial charge in [0.25, 0.3) is 0 Å². The first-order chi connectivity index (χ1) is 11.2. The Kier molecular flexibility index (Phi) is 4.96. The summed E-state index contributed by atoms with van der Waals surface area (Å²) < 4.78 is 0. The number of hydrogen-bond donors (Lipinski definition) is 1. The molecule has 1 fully saturated rings. The van der Waals surface area contributed by atoms with E-state index in [2.05, 4.69) is 10.2 Å². The van der Waals surface area contributed by atoms with Crippen molar-refractivity contribution in [3.63, 3.8) is 0 Å². The lowest BCUT2D eigenvalue weighted by Crippen LogP contribution is -2.49. The molecule has 2 aliphatic rings. The molecule has 2 amide bonds. The Balaban J connectivity index is 1.63. The molecule has 1 aromatic carbocycles. The lowest BCUT2D eigenvalue weighted by Gasteiger charge is -2.25. The molecule has 0 aromatic heterocycles. The van der Waals surface area contributed by atoms with E-state index in [9.17, 15) is 9.59 Å². The third kappa shape index (κ3) is 3.39. The molecule has 124 valence electrons. The third-order valence-corrected chi connectivity index (χ3v) is 4.78. The van der Waals surface area contributed by atoms with Crippen LogP contribution in [0.3, 0.4) is 0 Å². The molecule has 1 unspecified atom stereocenters. The van der Waals surface area contributed by atoms with Crippen molar-refractivity contribution >= 4 is 17.5 Å². The van der Waals surface area contributed by atoms with Crippen molar-refractivity contribution in [1.82, 2.24) is 10.2 Å². The lowest BCUT2D eigenvalue weighted by molar-refractivity contribution is -0.126. The number of rotatable bonds is 5. The molecule has 1 saturated heterocycles. The molecule has 0 spiro atoms. The monoisotopic (exact) mass is 315 g/mol. The Hall–Kier alpha value is -1.88. The maximum atomic E-state index is 12.6. The number of carbonyl (C=O) groups is 2. The molecule has 3 rings (SSSR count). The van der Waals surface area contributed by atoms with Gasteiger partial charge in [0.2, 0.25) is 11.8 Å². The van der Waals surface area contributed by atoms with Crippen LogP contribution in [0.15, 0.2) is 24.3 Å². The highest BCUT2D eigenvalue weighted by Crippen LogP contribution is 2.32. The highest BCUT2D eigenvalue weighted by molar-refractivity contribution is 6.03. The summed E-state index contributed by atoms with van der Waals surface area (Å²) in [6.07, 6.45) is 3.53. The number of nitrogens with zero attached hydrogens (tertiary/aromatic N) is 2. The number of benzene rings is 1. The summed E-state index contributed by atoms with van der Waals surface area (Å²) in [4.78, 5) is 29.0. The van der Waals surface area contributed by atoms with E-state index < -0.39 is 6.04 Å². The lowest BCUT2D eigenvalue weighted by atomic mass is 10.1. The Bertz CT molecular complexity index is 581. The SMILES string of the molecule is CCC(=O)N1c2ccccc2CC1C(=O)NCCN1CCCC1. The van der Waals surface area contributed by atoms with E-state index >= 15 is 0 Å². The molecule has 5 heteroatoms. The van der Waals surface area contributed by atoms with Gasteiger partial charge in [-0.3, -0.25) is 14.5 Å². The van der Waals surface area contributed by atoms with Gasteiger partial charge < -0.3 is 10.2 Å². The highest BCUT2D eigenvalue weighted by Gasteiger charge is 2.37. The summed E-state index contributed by atoms with van der Waals surface area (Å²) in [5, 5.41) is 3.02. The number of carbonyl (C=O) groups excluding carboxylic acids is 2. The van der Waals surface area contributed by atoms with E-state index in [4.69, 9.17) is 0 Å². The summed E-state index contributed by atoms with van der Waals surface area (Å²) in [6, 6.07) is 7.41. The van der Waals surface area contributed by atoms with Crippen molar-refractivity contribution in [2.45, 2.75) is 38.6 Å². The number of fused-ring (bicyclic) bond motifs is 1. The summed E-state index contributed by atoms with van der Waals surface area (Å²) in [5.74, 6) is -0.0307. The Labute approximate surface area is 137 Å². The number of hydrogen-bond acceptors (Lipinski definition) is 3. The average molecular weight is 315 g/mol. The first-order valence-electron chi connectivity index (χ1n) is 8.60. The van der Waals surface area contributed by atoms with Crippen molar-refractivity contribution < 1.29 is 9.59 Å². The van der Waals surface area contributed by atoms with Crippen LogP contribution in [0.4, 0.5) is 5.69 Å². The molecule has 23 heavy (non-hydrogen) atoms. The topological polar surface area (TPSA) is 52.7 Å². The molecule has 2 heterocycles. The van der Waals surface area contributed by atoms with E-state index in [1.807, 2.05) is 31.2 Å². The van der Waals surface area contributed by atoms with Gasteiger partial charge in [-0.15, -0.1) is 0 Å². The molecular weight excluding hydrogens is 290 g/mol. The van der Waals surface area contributed by atoms with Gasteiger partial charge in [-0.1, -0.05) is 25.1 Å². The number of para-hydroxylation sites is 1. The number of anilines is 1. The van der Waals surface area contributed by atoms with Crippen LogP contribution in [-0.4, -0.2) is 48.9 Å². The summed E-state index contributed by atoms with van der Waals surface area (Å²) >= 11 is 0. The Morgan fingerprint density at radius 1 is 1.22 bits per heavy atom. The van der Waals surface area contributed by atoms with Crippen molar-refractivity contribution in [1.29, 1.82) is 0 Å². The van der Waals surface area contributed by atoms with Gasteiger partial charge in [-0.05, 0) is 37.6 Å². The summed E-state index contributed by atoms with van der Waals surface area (Å²) in [7, 11) is 0. The molecule has 0 aliphatic carbocycles. The van der Waals surface area contributed by atoms with Crippen LogP contribution in [0.25, 0.3) is 0 Å². The van der Waals surface area contributed by atoms with Crippen molar-refractivity contribution in [3.05, 3.63) is 29.8 Å². The predicted octanol–water partition coefficient (Wildman–Crippen LogP) is 1.57. The van der Waals surface area contributed by atoms with Gasteiger partial charge in [-0.2, -0.15) is 0 Å². The minimum atomic E-state index is -0.404. The molecule has 1 N–H and O–H groups in total. The minimum absolute atomic E-state index is 0.00893. The highest BCUT2D eigenvalue weighted by atomic mass is 16.2. The fourth-order valence-electron chi connectivity index (χ4n) is 3.54. The second kappa shape index (κ2) is 7.13. The molecular formula is C18H25N3O2. The van der Waals surface area contributed by atoms with Gasteiger partial charge in [0.15, 0.2) is 0 Å². The second-order valence-electron chi connectivity index (χ2n) is 6.31. The molecule has 1 aromatic rings. The number of likely N-dealkylation sites (tertiary alicyclic amines) is 1. The zero-order valence-electron chi connectivity index (χ0n) is 13.8. The first kappa shape index (κ1) is 16.0. The molecule has 2 aliphatic heterocycles. The van der Waals surface area contributed by atoms with Gasteiger partial charge in [0.1, 0.15) is 6.04 Å². The summed E-state index contributed by atoms with van der Waals surface area (Å²) in [6.45, 7) is 5.65. The number of amides is 2. The maximum Gasteiger partial charge on any atom is 0.243 e. The molecule has 5 nitrogen and oxygen atoms in total. The molecule has 0 radical (unpaired) electrons. The molecule has 1 atom stereocenters. The predicted molar refractivity (Wildman–Crippen MR) is 90.4 cm³/mol. The third-order valence-electron chi connectivity index (χ3n) is 4.78. The fraction of sp³-hybridized carbons (Fsp3) is 0.556. The van der Waals surface area contributed by atoms with Crippen LogP contribution < -0.4 is 10.2 Å². The summed E-state index contributed by atoms with van der Waals surface area (Å²) in [5.41, 5.74) is 1.97. The fourth-order valence-corrected chi connectivity index (χ4v) is 3.54. The van der Waals surface area contributed by atoms with E-state index in [1.54, 1.807) is 4.90 Å². The van der Waals surface area contributed by atoms with Crippen LogP contribution in [0.2, 0.25) is 0 Å². The van der Waals surface area contributed by atoms with Crippen LogP contribution in [0.1, 0.15) is 31.7 Å². The van der Waals surface area contributed by atoms with Crippen LogP contribution in [-0.2, 0) is 16.0 Å². The van der Waals surface area contributed by atoms with Gasteiger partial charge in [-0.25, -0.2) is 0 Å². The van der Waals surface area contributed by atoms with Crippen LogP contribution in [0.5, 0.6) is 0 Å². The van der Waals surface area contributed by atoms with Crippen LogP contribution in [0, 0.1) is 0 Å². The zero-order valence-corrected chi connectivity index (χ0v) is 13.8. The van der Waals surface area contributed by atoms with E-state index in [0.717, 1.165) is 30.9 Å². The first-order valence-corrected chi connectivity index (χ1v) is 8.60. The van der Waals surface area contributed by atoms with E-state index in [1.165, 1.54) is 12.8 Å². The van der Waals surface area contributed by atoms with Gasteiger partial charge in [0, 0.05) is 31.6 Å².